The maximum atomic E-state index is 12.9. The van der Waals surface area contributed by atoms with Crippen molar-refractivity contribution in [3.05, 3.63) is 70.8 Å². The molecule has 0 aromatic heterocycles. The van der Waals surface area contributed by atoms with E-state index in [9.17, 15) is 14.4 Å². The van der Waals surface area contributed by atoms with Gasteiger partial charge in [0.1, 0.15) is 6.54 Å². The topological polar surface area (TPSA) is 57.7 Å². The molecule has 0 atom stereocenters. The van der Waals surface area contributed by atoms with Gasteiger partial charge in [0.25, 0.3) is 5.91 Å². The van der Waals surface area contributed by atoms with E-state index in [1.807, 2.05) is 37.3 Å². The number of hydrogen-bond acceptors (Lipinski definition) is 3. The summed E-state index contributed by atoms with van der Waals surface area (Å²) in [5.41, 5.74) is 2.49. The molecule has 0 spiro atoms. The van der Waals surface area contributed by atoms with Crippen LogP contribution in [-0.4, -0.2) is 41.1 Å². The maximum absolute atomic E-state index is 12.9. The van der Waals surface area contributed by atoms with Gasteiger partial charge in [-0.15, -0.1) is 0 Å². The number of likely N-dealkylation sites (N-methyl/N-ethyl adjacent to an activating group) is 1. The fourth-order valence-corrected chi connectivity index (χ4v) is 3.36. The van der Waals surface area contributed by atoms with E-state index in [1.165, 1.54) is 0 Å². The second-order valence-electron chi connectivity index (χ2n) is 7.60. The van der Waals surface area contributed by atoms with Crippen LogP contribution in [0.3, 0.4) is 0 Å². The van der Waals surface area contributed by atoms with E-state index in [-0.39, 0.29) is 18.4 Å². The van der Waals surface area contributed by atoms with E-state index in [0.717, 1.165) is 16.0 Å². The summed E-state index contributed by atoms with van der Waals surface area (Å²) in [6, 6.07) is 15.0. The van der Waals surface area contributed by atoms with Crippen molar-refractivity contribution in [1.29, 1.82) is 0 Å². The first-order valence-electron chi connectivity index (χ1n) is 8.97. The van der Waals surface area contributed by atoms with Crippen LogP contribution in [0.2, 0.25) is 0 Å². The van der Waals surface area contributed by atoms with E-state index in [4.69, 9.17) is 0 Å². The summed E-state index contributed by atoms with van der Waals surface area (Å²) in [5, 5.41) is 0. The number of carbonyl (C=O) groups is 3. The molecule has 3 rings (SSSR count). The molecule has 0 aliphatic carbocycles. The minimum absolute atomic E-state index is 0.252. The minimum atomic E-state index is -0.847. The lowest BCUT2D eigenvalue weighted by Gasteiger charge is -2.37. The summed E-state index contributed by atoms with van der Waals surface area (Å²) in [6.07, 6.45) is 0. The Morgan fingerprint density at radius 2 is 1.67 bits per heavy atom. The first-order valence-corrected chi connectivity index (χ1v) is 8.97. The molecule has 0 saturated carbocycles. The molecule has 3 amide bonds. The third-order valence-electron chi connectivity index (χ3n) is 5.12. The number of carbonyl (C=O) groups excluding carboxylic acids is 3. The molecule has 0 bridgehead atoms. The van der Waals surface area contributed by atoms with Crippen molar-refractivity contribution in [2.24, 2.45) is 0 Å². The molecule has 0 saturated heterocycles. The van der Waals surface area contributed by atoms with Gasteiger partial charge < -0.3 is 4.90 Å². The number of fused-ring (bicyclic) bond motifs is 1. The van der Waals surface area contributed by atoms with Gasteiger partial charge in [0.05, 0.1) is 5.41 Å². The molecular weight excluding hydrogens is 340 g/mol. The minimum Gasteiger partial charge on any atom is -0.340 e. The molecule has 2 aromatic rings. The Morgan fingerprint density at radius 3 is 2.33 bits per heavy atom. The third kappa shape index (κ3) is 3.50. The molecule has 5 heteroatoms. The van der Waals surface area contributed by atoms with Gasteiger partial charge in [0, 0.05) is 19.2 Å². The van der Waals surface area contributed by atoms with Crippen LogP contribution in [0.1, 0.15) is 40.9 Å². The van der Waals surface area contributed by atoms with Crippen LogP contribution in [0.25, 0.3) is 0 Å². The molecule has 2 aromatic carbocycles. The monoisotopic (exact) mass is 364 g/mol. The Hall–Kier alpha value is -2.95. The highest BCUT2D eigenvalue weighted by Crippen LogP contribution is 2.34. The fraction of sp³-hybridized carbons (Fsp3) is 0.318. The van der Waals surface area contributed by atoms with Gasteiger partial charge >= 0.3 is 0 Å². The van der Waals surface area contributed by atoms with Gasteiger partial charge in [-0.3, -0.25) is 19.3 Å². The SMILES string of the molecule is Cc1ccc(CN(C)C(=O)CN2C(=O)c3ccccc3C(C)(C)C2=O)cc1. The van der Waals surface area contributed by atoms with Crippen molar-refractivity contribution in [3.8, 4) is 0 Å². The average molecular weight is 364 g/mol. The van der Waals surface area contributed by atoms with Crippen LogP contribution in [0, 0.1) is 6.92 Å². The van der Waals surface area contributed by atoms with Gasteiger partial charge in [-0.05, 0) is 38.0 Å². The lowest BCUT2D eigenvalue weighted by molar-refractivity contribution is -0.141. The van der Waals surface area contributed by atoms with E-state index in [0.29, 0.717) is 17.7 Å². The highest BCUT2D eigenvalue weighted by molar-refractivity contribution is 6.14. The highest BCUT2D eigenvalue weighted by atomic mass is 16.2. The van der Waals surface area contributed by atoms with Crippen LogP contribution in [0.5, 0.6) is 0 Å². The lowest BCUT2D eigenvalue weighted by Crippen LogP contribution is -2.54. The molecular formula is C22H24N2O3. The van der Waals surface area contributed by atoms with Crippen LogP contribution >= 0.6 is 0 Å². The molecule has 27 heavy (non-hydrogen) atoms. The predicted molar refractivity (Wildman–Crippen MR) is 103 cm³/mol. The zero-order chi connectivity index (χ0) is 19.8. The number of rotatable bonds is 4. The van der Waals surface area contributed by atoms with Crippen molar-refractivity contribution in [2.75, 3.05) is 13.6 Å². The van der Waals surface area contributed by atoms with E-state index < -0.39 is 11.3 Å². The summed E-state index contributed by atoms with van der Waals surface area (Å²) in [6.45, 7) is 5.75. The standard InChI is InChI=1S/C22H24N2O3/c1-15-9-11-16(12-10-15)13-23(4)19(25)14-24-20(26)17-7-5-6-8-18(17)22(2,3)21(24)27/h5-12H,13-14H2,1-4H3. The van der Waals surface area contributed by atoms with E-state index in [1.54, 1.807) is 44.0 Å². The van der Waals surface area contributed by atoms with E-state index in [2.05, 4.69) is 0 Å². The third-order valence-corrected chi connectivity index (χ3v) is 5.12. The predicted octanol–water partition coefficient (Wildman–Crippen LogP) is 2.91. The number of benzene rings is 2. The van der Waals surface area contributed by atoms with E-state index >= 15 is 0 Å². The zero-order valence-corrected chi connectivity index (χ0v) is 16.2. The largest absolute Gasteiger partial charge is 0.340 e. The molecule has 1 aliphatic heterocycles. The quantitative estimate of drug-likeness (QED) is 0.784. The average Bonchev–Trinajstić information content (AvgIpc) is 2.65. The van der Waals surface area contributed by atoms with Gasteiger partial charge in [-0.25, -0.2) is 0 Å². The second kappa shape index (κ2) is 6.99. The molecule has 0 radical (unpaired) electrons. The fourth-order valence-electron chi connectivity index (χ4n) is 3.36. The van der Waals surface area contributed by atoms with Crippen molar-refractivity contribution in [2.45, 2.75) is 32.7 Å². The molecule has 1 heterocycles. The zero-order valence-electron chi connectivity index (χ0n) is 16.2. The normalized spacial score (nSPS) is 15.5. The van der Waals surface area contributed by atoms with Gasteiger partial charge in [0.15, 0.2) is 0 Å². The summed E-state index contributed by atoms with van der Waals surface area (Å²) in [7, 11) is 1.68. The molecule has 5 nitrogen and oxygen atoms in total. The summed E-state index contributed by atoms with van der Waals surface area (Å²) >= 11 is 0. The van der Waals surface area contributed by atoms with Crippen molar-refractivity contribution < 1.29 is 14.4 Å². The van der Waals surface area contributed by atoms with Crippen LogP contribution in [-0.2, 0) is 21.5 Å². The second-order valence-corrected chi connectivity index (χ2v) is 7.60. The molecule has 1 aliphatic rings. The Labute approximate surface area is 159 Å². The first-order chi connectivity index (χ1) is 12.7. The Balaban J connectivity index is 1.78. The number of nitrogens with zero attached hydrogens (tertiary/aromatic N) is 2. The van der Waals surface area contributed by atoms with Crippen LogP contribution in [0.4, 0.5) is 0 Å². The summed E-state index contributed by atoms with van der Waals surface area (Å²) in [4.78, 5) is 41.0. The first kappa shape index (κ1) is 18.8. The molecule has 0 fully saturated rings. The van der Waals surface area contributed by atoms with Crippen molar-refractivity contribution >= 4 is 17.7 Å². The number of hydrogen-bond donors (Lipinski definition) is 0. The Kier molecular flexibility index (Phi) is 4.87. The van der Waals surface area contributed by atoms with Gasteiger partial charge in [0.2, 0.25) is 11.8 Å². The van der Waals surface area contributed by atoms with Crippen LogP contribution < -0.4 is 0 Å². The van der Waals surface area contributed by atoms with Crippen molar-refractivity contribution in [3.63, 3.8) is 0 Å². The Morgan fingerprint density at radius 1 is 1.04 bits per heavy atom. The molecule has 0 N–H and O–H groups in total. The van der Waals surface area contributed by atoms with Crippen LogP contribution in [0.15, 0.2) is 48.5 Å². The molecule has 0 unspecified atom stereocenters. The lowest BCUT2D eigenvalue weighted by atomic mass is 9.77. The Bertz CT molecular complexity index is 900. The van der Waals surface area contributed by atoms with Gasteiger partial charge in [-0.2, -0.15) is 0 Å². The molecule has 140 valence electrons. The number of aryl methyl sites for hydroxylation is 1. The summed E-state index contributed by atoms with van der Waals surface area (Å²) in [5.74, 6) is -1.03. The number of imide groups is 1. The summed E-state index contributed by atoms with van der Waals surface area (Å²) < 4.78 is 0. The maximum Gasteiger partial charge on any atom is 0.261 e. The van der Waals surface area contributed by atoms with Gasteiger partial charge in [-0.1, -0.05) is 48.0 Å². The van der Waals surface area contributed by atoms with Crippen molar-refractivity contribution in [1.82, 2.24) is 9.80 Å². The smallest absolute Gasteiger partial charge is 0.261 e. The highest BCUT2D eigenvalue weighted by Gasteiger charge is 2.44. The number of amides is 3.